The molecule has 4 fully saturated rings. The van der Waals surface area contributed by atoms with Gasteiger partial charge in [-0.3, -0.25) is 14.6 Å². The Bertz CT molecular complexity index is 730. The second-order valence-corrected chi connectivity index (χ2v) is 9.64. The van der Waals surface area contributed by atoms with Crippen molar-refractivity contribution >= 4 is 11.8 Å². The molecular weight excluding hydrogens is 378 g/mol. The first-order chi connectivity index (χ1) is 14.7. The van der Waals surface area contributed by atoms with Crippen LogP contribution in [0.25, 0.3) is 0 Å². The van der Waals surface area contributed by atoms with Crippen molar-refractivity contribution in [3.05, 3.63) is 29.6 Å². The quantitative estimate of drug-likeness (QED) is 0.678. The SMILES string of the molecule is O=C(NCC1CCN(C2CC2)C1)c1cncc(C(=O)NCC2CCN(C3CC3)C2)c1. The molecule has 1 aromatic heterocycles. The molecule has 2 saturated heterocycles. The van der Waals surface area contributed by atoms with Gasteiger partial charge in [0, 0.05) is 50.7 Å². The lowest BCUT2D eigenvalue weighted by atomic mass is 10.1. The number of likely N-dealkylation sites (tertiary alicyclic amines) is 2. The maximum Gasteiger partial charge on any atom is 0.252 e. The smallest absolute Gasteiger partial charge is 0.252 e. The summed E-state index contributed by atoms with van der Waals surface area (Å²) in [5, 5.41) is 6.08. The summed E-state index contributed by atoms with van der Waals surface area (Å²) >= 11 is 0. The van der Waals surface area contributed by atoms with E-state index in [2.05, 4.69) is 25.4 Å². The molecule has 0 aromatic carbocycles. The summed E-state index contributed by atoms with van der Waals surface area (Å²) in [5.41, 5.74) is 0.918. The zero-order valence-corrected chi connectivity index (χ0v) is 17.7. The largest absolute Gasteiger partial charge is 0.352 e. The molecule has 0 bridgehead atoms. The summed E-state index contributed by atoms with van der Waals surface area (Å²) < 4.78 is 0. The van der Waals surface area contributed by atoms with Crippen LogP contribution in [0.2, 0.25) is 0 Å². The highest BCUT2D eigenvalue weighted by Crippen LogP contribution is 2.32. The second-order valence-electron chi connectivity index (χ2n) is 9.64. The third kappa shape index (κ3) is 4.83. The molecule has 5 rings (SSSR count). The van der Waals surface area contributed by atoms with Crippen molar-refractivity contribution in [3.8, 4) is 0 Å². The molecule has 162 valence electrons. The highest BCUT2D eigenvalue weighted by Gasteiger charge is 2.35. The van der Waals surface area contributed by atoms with Crippen molar-refractivity contribution in [2.75, 3.05) is 39.3 Å². The van der Waals surface area contributed by atoms with Crippen LogP contribution in [0.15, 0.2) is 18.5 Å². The van der Waals surface area contributed by atoms with Gasteiger partial charge in [0.2, 0.25) is 0 Å². The molecule has 0 radical (unpaired) electrons. The van der Waals surface area contributed by atoms with E-state index >= 15 is 0 Å². The third-order valence-electron chi connectivity index (χ3n) is 7.13. The maximum absolute atomic E-state index is 12.6. The van der Waals surface area contributed by atoms with Gasteiger partial charge in [0.05, 0.1) is 11.1 Å². The molecule has 7 nitrogen and oxygen atoms in total. The highest BCUT2D eigenvalue weighted by molar-refractivity contribution is 5.99. The van der Waals surface area contributed by atoms with Crippen molar-refractivity contribution < 1.29 is 9.59 Å². The number of nitrogens with one attached hydrogen (secondary N) is 2. The number of carbonyl (C=O) groups is 2. The zero-order chi connectivity index (χ0) is 20.5. The van der Waals surface area contributed by atoms with Crippen LogP contribution in [-0.2, 0) is 0 Å². The Labute approximate surface area is 178 Å². The Hall–Kier alpha value is -1.99. The van der Waals surface area contributed by atoms with Gasteiger partial charge in [0.15, 0.2) is 0 Å². The minimum atomic E-state index is -0.141. The molecule has 1 aromatic rings. The Balaban J connectivity index is 1.08. The van der Waals surface area contributed by atoms with Gasteiger partial charge in [-0.15, -0.1) is 0 Å². The van der Waals surface area contributed by atoms with E-state index in [4.69, 9.17) is 0 Å². The number of nitrogens with zero attached hydrogens (tertiary/aromatic N) is 3. The van der Waals surface area contributed by atoms with Gasteiger partial charge in [-0.2, -0.15) is 0 Å². The van der Waals surface area contributed by atoms with Gasteiger partial charge in [0.1, 0.15) is 0 Å². The fourth-order valence-corrected chi connectivity index (χ4v) is 4.97. The maximum atomic E-state index is 12.6. The van der Waals surface area contributed by atoms with Gasteiger partial charge in [-0.1, -0.05) is 0 Å². The van der Waals surface area contributed by atoms with E-state index in [1.54, 1.807) is 18.5 Å². The fourth-order valence-electron chi connectivity index (χ4n) is 4.97. The average molecular weight is 412 g/mol. The molecule has 3 heterocycles. The molecule has 30 heavy (non-hydrogen) atoms. The summed E-state index contributed by atoms with van der Waals surface area (Å²) in [6.07, 6.45) is 10.7. The van der Waals surface area contributed by atoms with E-state index in [0.29, 0.717) is 36.1 Å². The van der Waals surface area contributed by atoms with Crippen molar-refractivity contribution in [2.45, 2.75) is 50.6 Å². The van der Waals surface area contributed by atoms with Crippen molar-refractivity contribution in [1.82, 2.24) is 25.4 Å². The highest BCUT2D eigenvalue weighted by atomic mass is 16.2. The van der Waals surface area contributed by atoms with Gasteiger partial charge in [-0.25, -0.2) is 0 Å². The lowest BCUT2D eigenvalue weighted by Crippen LogP contribution is -2.33. The van der Waals surface area contributed by atoms with Crippen molar-refractivity contribution in [2.24, 2.45) is 11.8 Å². The summed E-state index contributed by atoms with van der Waals surface area (Å²) in [6, 6.07) is 3.26. The lowest BCUT2D eigenvalue weighted by Gasteiger charge is -2.15. The van der Waals surface area contributed by atoms with Crippen LogP contribution in [0.3, 0.4) is 0 Å². The Morgan fingerprint density at radius 3 is 1.70 bits per heavy atom. The van der Waals surface area contributed by atoms with E-state index in [0.717, 1.165) is 51.1 Å². The minimum Gasteiger partial charge on any atom is -0.352 e. The van der Waals surface area contributed by atoms with E-state index in [9.17, 15) is 9.59 Å². The molecule has 0 spiro atoms. The normalized spacial score (nSPS) is 27.3. The van der Waals surface area contributed by atoms with Gasteiger partial charge in [0.25, 0.3) is 11.8 Å². The van der Waals surface area contributed by atoms with Crippen LogP contribution in [0.1, 0.15) is 59.2 Å². The first kappa shape index (κ1) is 19.9. The van der Waals surface area contributed by atoms with Crippen LogP contribution < -0.4 is 10.6 Å². The predicted octanol–water partition coefficient (Wildman–Crippen LogP) is 1.51. The van der Waals surface area contributed by atoms with E-state index < -0.39 is 0 Å². The minimum absolute atomic E-state index is 0.141. The standard InChI is InChI=1S/C23H33N5O2/c29-22(25-10-16-5-7-27(14-16)20-1-2-20)18-9-19(13-24-12-18)23(30)26-11-17-6-8-28(15-17)21-3-4-21/h9,12-13,16-17,20-21H,1-8,10-11,14-15H2,(H,25,29)(H,26,30). The van der Waals surface area contributed by atoms with Crippen molar-refractivity contribution in [1.29, 1.82) is 0 Å². The molecule has 2 atom stereocenters. The monoisotopic (exact) mass is 411 g/mol. The van der Waals surface area contributed by atoms with Crippen LogP contribution in [0.5, 0.6) is 0 Å². The lowest BCUT2D eigenvalue weighted by molar-refractivity contribution is 0.0946. The second kappa shape index (κ2) is 8.63. The van der Waals surface area contributed by atoms with Crippen LogP contribution in [0.4, 0.5) is 0 Å². The summed E-state index contributed by atoms with van der Waals surface area (Å²) in [5.74, 6) is 0.766. The molecule has 2 N–H and O–H groups in total. The molecule has 2 amide bonds. The first-order valence-electron chi connectivity index (χ1n) is 11.7. The summed E-state index contributed by atoms with van der Waals surface area (Å²) in [6.45, 7) is 5.87. The number of rotatable bonds is 8. The molecular formula is C23H33N5O2. The van der Waals surface area contributed by atoms with Crippen LogP contribution in [-0.4, -0.2) is 78.0 Å². The summed E-state index contributed by atoms with van der Waals surface area (Å²) in [7, 11) is 0. The number of hydrogen-bond donors (Lipinski definition) is 2. The van der Waals surface area contributed by atoms with Gasteiger partial charge >= 0.3 is 0 Å². The topological polar surface area (TPSA) is 77.6 Å². The van der Waals surface area contributed by atoms with Gasteiger partial charge < -0.3 is 20.4 Å². The Morgan fingerprint density at radius 1 is 0.800 bits per heavy atom. The third-order valence-corrected chi connectivity index (χ3v) is 7.13. The number of aromatic nitrogens is 1. The number of hydrogen-bond acceptors (Lipinski definition) is 5. The van der Waals surface area contributed by atoms with E-state index in [1.807, 2.05) is 0 Å². The molecule has 4 aliphatic rings. The number of pyridine rings is 1. The summed E-state index contributed by atoms with van der Waals surface area (Å²) in [4.78, 5) is 34.4. The molecule has 2 unspecified atom stereocenters. The number of amides is 2. The Morgan fingerprint density at radius 2 is 1.27 bits per heavy atom. The average Bonchev–Trinajstić information content (AvgIpc) is 3.71. The first-order valence-corrected chi connectivity index (χ1v) is 11.7. The molecule has 7 heteroatoms. The number of carbonyl (C=O) groups excluding carboxylic acids is 2. The van der Waals surface area contributed by atoms with Crippen LogP contribution in [0, 0.1) is 11.8 Å². The molecule has 2 saturated carbocycles. The van der Waals surface area contributed by atoms with Crippen molar-refractivity contribution in [3.63, 3.8) is 0 Å². The Kier molecular flexibility index (Phi) is 5.74. The van der Waals surface area contributed by atoms with E-state index in [-0.39, 0.29) is 11.8 Å². The zero-order valence-electron chi connectivity index (χ0n) is 17.7. The molecule has 2 aliphatic heterocycles. The van der Waals surface area contributed by atoms with Crippen LogP contribution >= 0.6 is 0 Å². The van der Waals surface area contributed by atoms with Gasteiger partial charge in [-0.05, 0) is 69.5 Å². The molecule has 2 aliphatic carbocycles. The fraction of sp³-hybridized carbons (Fsp3) is 0.696. The predicted molar refractivity (Wildman–Crippen MR) is 114 cm³/mol. The van der Waals surface area contributed by atoms with E-state index in [1.165, 1.54) is 25.7 Å².